The molecule has 3 aromatic rings. The Kier molecular flexibility index (Phi) is 4.46. The van der Waals surface area contributed by atoms with Gasteiger partial charge >= 0.3 is 0 Å². The molecule has 0 amide bonds. The molecule has 1 aliphatic rings. The van der Waals surface area contributed by atoms with Crippen molar-refractivity contribution in [2.75, 3.05) is 0 Å². The van der Waals surface area contributed by atoms with E-state index in [9.17, 15) is 0 Å². The molecule has 0 spiro atoms. The number of aromatic nitrogens is 1. The zero-order valence-corrected chi connectivity index (χ0v) is 16.8. The highest BCUT2D eigenvalue weighted by atomic mass is 14.8. The molecule has 140 valence electrons. The number of rotatable bonds is 0. The average Bonchev–Trinajstić information content (AvgIpc) is 2.71. The summed E-state index contributed by atoms with van der Waals surface area (Å²) >= 11 is 0. The molecule has 2 heterocycles. The number of hydrogen-bond donors (Lipinski definition) is 0. The monoisotopic (exact) mass is 367 g/mol. The second-order valence-corrected chi connectivity index (χ2v) is 8.46. The van der Waals surface area contributed by atoms with Gasteiger partial charge in [0.15, 0.2) is 0 Å². The van der Waals surface area contributed by atoms with Crippen molar-refractivity contribution in [3.63, 3.8) is 0 Å². The molecule has 0 aliphatic carbocycles. The van der Waals surface area contributed by atoms with Gasteiger partial charge in [0.05, 0.1) is 17.1 Å². The fourth-order valence-electron chi connectivity index (χ4n) is 3.35. The highest BCUT2D eigenvalue weighted by Gasteiger charge is 2.22. The Morgan fingerprint density at radius 3 is 2.00 bits per heavy atom. The van der Waals surface area contributed by atoms with Gasteiger partial charge in [-0.15, -0.1) is 0 Å². The van der Waals surface area contributed by atoms with Crippen LogP contribution in [0.3, 0.4) is 0 Å². The molecule has 0 saturated carbocycles. The van der Waals surface area contributed by atoms with Gasteiger partial charge < -0.3 is 0 Å². The minimum Gasteiger partial charge on any atom is -0.260 e. The molecule has 0 saturated heterocycles. The maximum atomic E-state index is 4.80. The molecule has 4 rings (SSSR count). The van der Waals surface area contributed by atoms with E-state index < -0.39 is 0 Å². The SMILES string of the molecule is CC1(C)C=Nc2ccccc2N=CC(C)(C)c2cc(ccn2)-c2cccc1c2. The summed E-state index contributed by atoms with van der Waals surface area (Å²) in [6.07, 6.45) is 5.88. The van der Waals surface area contributed by atoms with Crippen LogP contribution in [0.5, 0.6) is 0 Å². The van der Waals surface area contributed by atoms with Crippen molar-refractivity contribution in [3.8, 4) is 11.1 Å². The highest BCUT2D eigenvalue weighted by Crippen LogP contribution is 2.33. The third-order valence-electron chi connectivity index (χ3n) is 5.29. The summed E-state index contributed by atoms with van der Waals surface area (Å²) in [6.45, 7) is 8.66. The Morgan fingerprint density at radius 2 is 1.29 bits per heavy atom. The van der Waals surface area contributed by atoms with E-state index in [1.807, 2.05) is 42.9 Å². The van der Waals surface area contributed by atoms with Crippen LogP contribution < -0.4 is 0 Å². The molecular weight excluding hydrogens is 342 g/mol. The summed E-state index contributed by atoms with van der Waals surface area (Å²) in [5.41, 5.74) is 5.81. The zero-order chi connectivity index (χ0) is 19.8. The van der Waals surface area contributed by atoms with Gasteiger partial charge in [-0.25, -0.2) is 0 Å². The van der Waals surface area contributed by atoms with Crippen LogP contribution in [0.4, 0.5) is 11.4 Å². The van der Waals surface area contributed by atoms with E-state index in [4.69, 9.17) is 9.98 Å². The third-order valence-corrected chi connectivity index (χ3v) is 5.29. The maximum Gasteiger partial charge on any atom is 0.0882 e. The maximum absolute atomic E-state index is 4.80. The molecule has 1 aliphatic heterocycles. The van der Waals surface area contributed by atoms with Gasteiger partial charge in [0.1, 0.15) is 0 Å². The molecule has 0 radical (unpaired) electrons. The summed E-state index contributed by atoms with van der Waals surface area (Å²) in [6, 6.07) is 20.9. The Bertz CT molecular complexity index is 988. The minimum atomic E-state index is -0.298. The fourth-order valence-corrected chi connectivity index (χ4v) is 3.35. The molecule has 3 heteroatoms. The van der Waals surface area contributed by atoms with Crippen molar-refractivity contribution in [2.45, 2.75) is 38.5 Å². The van der Waals surface area contributed by atoms with E-state index in [2.05, 4.69) is 69.1 Å². The Morgan fingerprint density at radius 1 is 0.643 bits per heavy atom. The molecule has 28 heavy (non-hydrogen) atoms. The van der Waals surface area contributed by atoms with Crippen LogP contribution in [0.2, 0.25) is 0 Å². The van der Waals surface area contributed by atoms with Gasteiger partial charge in [-0.2, -0.15) is 0 Å². The van der Waals surface area contributed by atoms with E-state index in [1.54, 1.807) is 0 Å². The van der Waals surface area contributed by atoms with Crippen molar-refractivity contribution in [1.29, 1.82) is 0 Å². The first-order valence-corrected chi connectivity index (χ1v) is 9.62. The van der Waals surface area contributed by atoms with Gasteiger partial charge in [0.2, 0.25) is 0 Å². The Hall–Kier alpha value is -3.07. The molecule has 2 aromatic carbocycles. The largest absolute Gasteiger partial charge is 0.260 e. The average molecular weight is 367 g/mol. The van der Waals surface area contributed by atoms with Crippen LogP contribution >= 0.6 is 0 Å². The summed E-state index contributed by atoms with van der Waals surface area (Å²) in [5.74, 6) is 0. The number of benzene rings is 2. The van der Waals surface area contributed by atoms with Gasteiger partial charge in [-0.3, -0.25) is 15.0 Å². The van der Waals surface area contributed by atoms with E-state index >= 15 is 0 Å². The predicted octanol–water partition coefficient (Wildman–Crippen LogP) is 6.42. The lowest BCUT2D eigenvalue weighted by molar-refractivity contribution is 0.704. The quantitative estimate of drug-likeness (QED) is 0.451. The summed E-state index contributed by atoms with van der Waals surface area (Å²) in [4.78, 5) is 14.2. The molecule has 0 atom stereocenters. The molecule has 1 aromatic heterocycles. The lowest BCUT2D eigenvalue weighted by Crippen LogP contribution is -2.21. The van der Waals surface area contributed by atoms with Crippen LogP contribution in [0.15, 0.2) is 76.8 Å². The van der Waals surface area contributed by atoms with E-state index in [0.717, 1.165) is 17.1 Å². The van der Waals surface area contributed by atoms with Gasteiger partial charge in [0, 0.05) is 29.5 Å². The predicted molar refractivity (Wildman–Crippen MR) is 118 cm³/mol. The van der Waals surface area contributed by atoms with E-state index in [-0.39, 0.29) is 10.8 Å². The normalized spacial score (nSPS) is 16.9. The van der Waals surface area contributed by atoms with E-state index in [0.29, 0.717) is 0 Å². The van der Waals surface area contributed by atoms with Gasteiger partial charge in [-0.1, -0.05) is 50.2 Å². The number of para-hydroxylation sites is 2. The van der Waals surface area contributed by atoms with Gasteiger partial charge in [-0.05, 0) is 54.8 Å². The second-order valence-electron chi connectivity index (χ2n) is 8.46. The van der Waals surface area contributed by atoms with Crippen molar-refractivity contribution in [3.05, 3.63) is 78.1 Å². The van der Waals surface area contributed by atoms with Crippen LogP contribution in [0, 0.1) is 0 Å². The van der Waals surface area contributed by atoms with Crippen molar-refractivity contribution < 1.29 is 0 Å². The highest BCUT2D eigenvalue weighted by molar-refractivity contribution is 5.82. The first kappa shape index (κ1) is 18.3. The molecule has 0 unspecified atom stereocenters. The number of nitrogens with zero attached hydrogens (tertiary/aromatic N) is 3. The van der Waals surface area contributed by atoms with Crippen molar-refractivity contribution in [2.24, 2.45) is 9.98 Å². The first-order chi connectivity index (χ1) is 13.4. The summed E-state index contributed by atoms with van der Waals surface area (Å²) in [5, 5.41) is 0. The number of hydrogen-bond acceptors (Lipinski definition) is 3. The van der Waals surface area contributed by atoms with Crippen molar-refractivity contribution >= 4 is 23.8 Å². The number of pyridine rings is 1. The van der Waals surface area contributed by atoms with Crippen LogP contribution in [-0.2, 0) is 10.8 Å². The second kappa shape index (κ2) is 6.83. The van der Waals surface area contributed by atoms with Gasteiger partial charge in [0.25, 0.3) is 0 Å². The summed E-state index contributed by atoms with van der Waals surface area (Å²) in [7, 11) is 0. The minimum absolute atomic E-state index is 0.202. The first-order valence-electron chi connectivity index (χ1n) is 9.62. The van der Waals surface area contributed by atoms with Crippen molar-refractivity contribution in [1.82, 2.24) is 4.98 Å². The smallest absolute Gasteiger partial charge is 0.0882 e. The number of aliphatic imine (C=N–C) groups is 2. The number of fused-ring (bicyclic) bond motifs is 6. The zero-order valence-electron chi connectivity index (χ0n) is 16.8. The Labute approximate surface area is 166 Å². The Balaban J connectivity index is 1.97. The standard InChI is InChI=1S/C25H25N3/c1-24(2)16-27-21-10-5-6-11-22(21)28-17-25(3,4)23-15-19(12-13-26-23)18-8-7-9-20(24)14-18/h5-17H,1-4H3. The molecule has 4 bridgehead atoms. The van der Waals surface area contributed by atoms with Crippen LogP contribution in [0.1, 0.15) is 39.0 Å². The lowest BCUT2D eigenvalue weighted by atomic mass is 9.84. The molecule has 0 fully saturated rings. The van der Waals surface area contributed by atoms with Crippen LogP contribution in [0.25, 0.3) is 11.1 Å². The third kappa shape index (κ3) is 3.53. The lowest BCUT2D eigenvalue weighted by Gasteiger charge is -2.23. The topological polar surface area (TPSA) is 37.6 Å². The van der Waals surface area contributed by atoms with Crippen LogP contribution in [-0.4, -0.2) is 17.4 Å². The fraction of sp³-hybridized carbons (Fsp3) is 0.240. The molecular formula is C25H25N3. The summed E-state index contributed by atoms with van der Waals surface area (Å²) < 4.78 is 0. The molecule has 0 N–H and O–H groups in total. The molecule has 3 nitrogen and oxygen atoms in total. The van der Waals surface area contributed by atoms with E-state index in [1.165, 1.54) is 16.7 Å².